The van der Waals surface area contributed by atoms with E-state index in [1.165, 1.54) is 56.4 Å². The number of aromatic nitrogens is 2. The van der Waals surface area contributed by atoms with Crippen molar-refractivity contribution in [3.05, 3.63) is 58.4 Å². The van der Waals surface area contributed by atoms with E-state index in [0.29, 0.717) is 29.2 Å². The van der Waals surface area contributed by atoms with Crippen LogP contribution in [0.2, 0.25) is 0 Å². The first-order valence-corrected chi connectivity index (χ1v) is 17.2. The Balaban J connectivity index is 1.06. The summed E-state index contributed by atoms with van der Waals surface area (Å²) in [5.74, 6) is -0.612. The number of hydrogen-bond acceptors (Lipinski definition) is 10. The maximum absolute atomic E-state index is 15.1. The average Bonchev–Trinajstić information content (AvgIpc) is 3.73. The summed E-state index contributed by atoms with van der Waals surface area (Å²) in [6.07, 6.45) is 12.1. The molecule has 1 saturated carbocycles. The Kier molecular flexibility index (Phi) is 9.21. The molecule has 1 aliphatic carbocycles. The zero-order chi connectivity index (χ0) is 31.7. The molecule has 1 aromatic heterocycles. The van der Waals surface area contributed by atoms with Crippen LogP contribution in [0, 0.1) is 17.1 Å². The Labute approximate surface area is 273 Å². The number of methoxy groups -OCH3 is 1. The fourth-order valence-electron chi connectivity index (χ4n) is 7.59. The van der Waals surface area contributed by atoms with Crippen molar-refractivity contribution < 1.29 is 18.6 Å². The number of nitriles is 1. The predicted molar refractivity (Wildman–Crippen MR) is 175 cm³/mol. The first kappa shape index (κ1) is 31.4. The fourth-order valence-corrected chi connectivity index (χ4v) is 8.42. The van der Waals surface area contributed by atoms with Crippen molar-refractivity contribution in [2.75, 3.05) is 44.6 Å². The normalized spacial score (nSPS) is 24.0. The molecular weight excluding hydrogens is 607 g/mol. The molecule has 3 aliphatic heterocycles. The van der Waals surface area contributed by atoms with Crippen molar-refractivity contribution in [1.29, 1.82) is 5.26 Å². The largest absolute Gasteiger partial charge is 0.453 e. The molecule has 10 nitrogen and oxygen atoms in total. The van der Waals surface area contributed by atoms with Gasteiger partial charge in [-0.1, -0.05) is 19.3 Å². The van der Waals surface area contributed by atoms with Gasteiger partial charge in [-0.2, -0.15) is 5.26 Å². The highest BCUT2D eigenvalue weighted by atomic mass is 32.2. The maximum atomic E-state index is 15.1. The molecule has 3 aromatic rings. The smallest absolute Gasteiger partial charge is 0.261 e. The van der Waals surface area contributed by atoms with E-state index in [9.17, 15) is 10.1 Å². The summed E-state index contributed by atoms with van der Waals surface area (Å²) in [5.41, 5.74) is 0.623. The molecule has 4 fully saturated rings. The van der Waals surface area contributed by atoms with Crippen molar-refractivity contribution in [3.63, 3.8) is 0 Å². The van der Waals surface area contributed by atoms with Gasteiger partial charge in [0.1, 0.15) is 17.4 Å². The van der Waals surface area contributed by atoms with Gasteiger partial charge in [0, 0.05) is 51.5 Å². The Morgan fingerprint density at radius 1 is 1.11 bits per heavy atom. The molecule has 4 aliphatic rings. The number of benzene rings is 2. The van der Waals surface area contributed by atoms with Crippen LogP contribution in [0.5, 0.6) is 11.5 Å². The van der Waals surface area contributed by atoms with Crippen LogP contribution in [0.1, 0.15) is 69.4 Å². The number of ether oxygens (including phenoxy) is 3. The third kappa shape index (κ3) is 6.36. The van der Waals surface area contributed by atoms with Crippen LogP contribution in [0.15, 0.2) is 41.5 Å². The van der Waals surface area contributed by atoms with Crippen molar-refractivity contribution in [3.8, 4) is 17.6 Å². The molecule has 7 rings (SSSR count). The van der Waals surface area contributed by atoms with Gasteiger partial charge in [0.05, 0.1) is 47.3 Å². The molecule has 46 heavy (non-hydrogen) atoms. The van der Waals surface area contributed by atoms with E-state index in [1.54, 1.807) is 36.2 Å². The number of hydrogen-bond donors (Lipinski definition) is 1. The van der Waals surface area contributed by atoms with Crippen molar-refractivity contribution in [2.24, 2.45) is 0 Å². The van der Waals surface area contributed by atoms with Gasteiger partial charge in [-0.25, -0.2) is 13.7 Å². The van der Waals surface area contributed by atoms with Crippen molar-refractivity contribution in [2.45, 2.75) is 81.6 Å². The SMILES string of the molecule is COC1CCN(SNc2ccc(F)c(Oc3ccc4ncn(C5COC6(CCN(C7CCCCC7)CC6)C5)c(=O)c4c3)c2C#N)C1. The highest BCUT2D eigenvalue weighted by Gasteiger charge is 2.44. The van der Waals surface area contributed by atoms with Crippen LogP contribution in [-0.4, -0.2) is 76.4 Å². The summed E-state index contributed by atoms with van der Waals surface area (Å²) in [6.45, 7) is 4.15. The number of anilines is 1. The van der Waals surface area contributed by atoms with E-state index < -0.39 is 5.82 Å². The van der Waals surface area contributed by atoms with Crippen LogP contribution < -0.4 is 15.0 Å². The lowest BCUT2D eigenvalue weighted by Crippen LogP contribution is -2.48. The minimum atomic E-state index is -0.667. The monoisotopic (exact) mass is 648 g/mol. The highest BCUT2D eigenvalue weighted by Crippen LogP contribution is 2.42. The Morgan fingerprint density at radius 2 is 1.93 bits per heavy atom. The Bertz CT molecular complexity index is 1670. The van der Waals surface area contributed by atoms with Crippen molar-refractivity contribution in [1.82, 2.24) is 18.8 Å². The lowest BCUT2D eigenvalue weighted by Gasteiger charge is -2.43. The number of nitrogens with one attached hydrogen (secondary N) is 1. The van der Waals surface area contributed by atoms with E-state index in [-0.39, 0.29) is 40.4 Å². The second-order valence-corrected chi connectivity index (χ2v) is 14.0. The molecule has 1 N–H and O–H groups in total. The van der Waals surface area contributed by atoms with Gasteiger partial charge in [-0.15, -0.1) is 0 Å². The summed E-state index contributed by atoms with van der Waals surface area (Å²) < 4.78 is 39.9. The first-order valence-electron chi connectivity index (χ1n) is 16.5. The van der Waals surface area contributed by atoms with Gasteiger partial charge >= 0.3 is 0 Å². The second-order valence-electron chi connectivity index (χ2n) is 13.1. The minimum Gasteiger partial charge on any atom is -0.453 e. The summed E-state index contributed by atoms with van der Waals surface area (Å²) in [4.78, 5) is 21.0. The predicted octanol–water partition coefficient (Wildman–Crippen LogP) is 6.02. The van der Waals surface area contributed by atoms with Gasteiger partial charge in [0.15, 0.2) is 11.6 Å². The molecule has 0 amide bonds. The maximum Gasteiger partial charge on any atom is 0.261 e. The molecule has 244 valence electrons. The van der Waals surface area contributed by atoms with E-state index in [1.807, 2.05) is 0 Å². The number of fused-ring (bicyclic) bond motifs is 1. The third-order valence-corrected chi connectivity index (χ3v) is 11.2. The summed E-state index contributed by atoms with van der Waals surface area (Å²) in [5, 5.41) is 10.3. The van der Waals surface area contributed by atoms with Crippen LogP contribution in [-0.2, 0) is 9.47 Å². The molecule has 0 radical (unpaired) electrons. The quantitative estimate of drug-likeness (QED) is 0.292. The molecule has 12 heteroatoms. The Hall–Kier alpha value is -3.21. The first-order chi connectivity index (χ1) is 22.4. The number of likely N-dealkylation sites (tertiary alicyclic amines) is 1. The molecule has 1 spiro atoms. The average molecular weight is 649 g/mol. The fraction of sp³-hybridized carbons (Fsp3) is 0.559. The number of halogens is 1. The molecule has 4 heterocycles. The lowest BCUT2D eigenvalue weighted by molar-refractivity contribution is -0.0535. The lowest BCUT2D eigenvalue weighted by atomic mass is 9.85. The minimum absolute atomic E-state index is 0.0432. The van der Waals surface area contributed by atoms with Gasteiger partial charge in [-0.3, -0.25) is 9.36 Å². The highest BCUT2D eigenvalue weighted by molar-refractivity contribution is 7.98. The van der Waals surface area contributed by atoms with E-state index >= 15 is 4.39 Å². The topological polar surface area (TPSA) is 105 Å². The molecule has 2 aromatic carbocycles. The summed E-state index contributed by atoms with van der Waals surface area (Å²) in [7, 11) is 1.70. The molecule has 0 bridgehead atoms. The zero-order valence-corrected chi connectivity index (χ0v) is 27.1. The van der Waals surface area contributed by atoms with Crippen molar-refractivity contribution >= 4 is 28.7 Å². The standard InChI is InChI=1S/C34H41FN6O4S/c1-43-26-11-14-40(20-26)46-38-31-10-8-29(35)32(28(31)19-36)45-25-7-9-30-27(17-25)33(42)41(22-37-30)24-18-34(44-21-24)12-15-39(16-13-34)23-5-3-2-4-6-23/h7-10,17,22-24,26,38H,2-6,11-16,18,20-21H2,1H3. The van der Waals surface area contributed by atoms with Crippen LogP contribution in [0.4, 0.5) is 10.1 Å². The van der Waals surface area contributed by atoms with Gasteiger partial charge in [-0.05, 0) is 68.9 Å². The second kappa shape index (κ2) is 13.5. The van der Waals surface area contributed by atoms with Crippen LogP contribution in [0.3, 0.4) is 0 Å². The van der Waals surface area contributed by atoms with E-state index in [2.05, 4.69) is 25.0 Å². The molecule has 2 unspecified atom stereocenters. The van der Waals surface area contributed by atoms with E-state index in [0.717, 1.165) is 51.9 Å². The molecular formula is C34H41FN6O4S. The third-order valence-electron chi connectivity index (χ3n) is 10.3. The van der Waals surface area contributed by atoms with Gasteiger partial charge < -0.3 is 23.8 Å². The number of piperidine rings is 1. The number of nitrogens with zero attached hydrogens (tertiary/aromatic N) is 5. The van der Waals surface area contributed by atoms with Crippen LogP contribution in [0.25, 0.3) is 10.9 Å². The molecule has 3 saturated heterocycles. The Morgan fingerprint density at radius 3 is 2.70 bits per heavy atom. The van der Waals surface area contributed by atoms with Crippen LogP contribution >= 0.6 is 12.1 Å². The number of rotatable bonds is 8. The summed E-state index contributed by atoms with van der Waals surface area (Å²) in [6, 6.07) is 10.4. The van der Waals surface area contributed by atoms with Gasteiger partial charge in [0.25, 0.3) is 5.56 Å². The summed E-state index contributed by atoms with van der Waals surface area (Å²) >= 11 is 1.35. The molecule has 2 atom stereocenters. The van der Waals surface area contributed by atoms with E-state index in [4.69, 9.17) is 14.2 Å². The van der Waals surface area contributed by atoms with Gasteiger partial charge in [0.2, 0.25) is 0 Å². The zero-order valence-electron chi connectivity index (χ0n) is 26.3.